The third kappa shape index (κ3) is 2.98. The molecule has 4 aromatic rings. The van der Waals surface area contributed by atoms with Crippen LogP contribution in [0.15, 0.2) is 91.3 Å². The van der Waals surface area contributed by atoms with Gasteiger partial charge in [-0.05, 0) is 34.0 Å². The van der Waals surface area contributed by atoms with Crippen molar-refractivity contribution in [1.82, 2.24) is 10.0 Å². The topological polar surface area (TPSA) is 54.3 Å². The van der Waals surface area contributed by atoms with Gasteiger partial charge in [0, 0.05) is 18.1 Å². The highest BCUT2D eigenvalue weighted by Gasteiger charge is 2.22. The maximum Gasteiger partial charge on any atom is 0.255 e. The molecule has 0 saturated heterocycles. The highest BCUT2D eigenvalue weighted by Crippen LogP contribution is 2.26. The average molecular weight is 342 g/mol. The standard InChI is InChI=1S/C22H18N2O2/c25-22(23-26)21(16-6-2-1-3-7-16)17-10-12-20(13-11-17)24-14-18-8-4-5-9-19(18)15-24/h1-15,21,26H,(H,23,25). The Labute approximate surface area is 151 Å². The second kappa shape index (κ2) is 6.86. The fraction of sp³-hybridized carbons (Fsp3) is 0.0455. The fourth-order valence-corrected chi connectivity index (χ4v) is 3.28. The lowest BCUT2D eigenvalue weighted by Crippen LogP contribution is -2.27. The van der Waals surface area contributed by atoms with Crippen LogP contribution in [0, 0.1) is 0 Å². The summed E-state index contributed by atoms with van der Waals surface area (Å²) in [5, 5.41) is 11.5. The molecule has 0 aliphatic carbocycles. The van der Waals surface area contributed by atoms with Gasteiger partial charge in [-0.25, -0.2) is 5.48 Å². The molecule has 128 valence electrons. The number of rotatable bonds is 4. The van der Waals surface area contributed by atoms with Crippen molar-refractivity contribution in [3.05, 3.63) is 102 Å². The van der Waals surface area contributed by atoms with E-state index in [1.54, 1.807) is 5.48 Å². The predicted molar refractivity (Wildman–Crippen MR) is 101 cm³/mol. The summed E-state index contributed by atoms with van der Waals surface area (Å²) in [5.74, 6) is -1.00. The van der Waals surface area contributed by atoms with Crippen LogP contribution in [0.5, 0.6) is 0 Å². The van der Waals surface area contributed by atoms with Gasteiger partial charge in [0.1, 0.15) is 0 Å². The molecule has 3 aromatic carbocycles. The van der Waals surface area contributed by atoms with Crippen LogP contribution in [0.4, 0.5) is 0 Å². The van der Waals surface area contributed by atoms with Crippen LogP contribution < -0.4 is 5.48 Å². The molecule has 4 heteroatoms. The van der Waals surface area contributed by atoms with E-state index >= 15 is 0 Å². The van der Waals surface area contributed by atoms with Crippen LogP contribution in [0.25, 0.3) is 16.5 Å². The van der Waals surface area contributed by atoms with Crippen LogP contribution in [0.3, 0.4) is 0 Å². The van der Waals surface area contributed by atoms with E-state index in [1.807, 2.05) is 66.7 Å². The highest BCUT2D eigenvalue weighted by atomic mass is 16.5. The van der Waals surface area contributed by atoms with E-state index < -0.39 is 11.8 Å². The maximum atomic E-state index is 12.2. The molecule has 2 N–H and O–H groups in total. The smallest absolute Gasteiger partial charge is 0.255 e. The van der Waals surface area contributed by atoms with E-state index in [-0.39, 0.29) is 0 Å². The third-order valence-corrected chi connectivity index (χ3v) is 4.58. The lowest BCUT2D eigenvalue weighted by molar-refractivity contribution is -0.129. The van der Waals surface area contributed by atoms with E-state index in [9.17, 15) is 4.79 Å². The SMILES string of the molecule is O=C(NO)C(c1ccccc1)c1ccc(-n2cc3ccccc3c2)cc1. The number of nitrogens with one attached hydrogen (secondary N) is 1. The van der Waals surface area contributed by atoms with Crippen molar-refractivity contribution in [1.29, 1.82) is 0 Å². The molecule has 4 nitrogen and oxygen atoms in total. The minimum absolute atomic E-state index is 0.448. The summed E-state index contributed by atoms with van der Waals surface area (Å²) in [6.07, 6.45) is 4.17. The van der Waals surface area contributed by atoms with Crippen molar-refractivity contribution in [2.75, 3.05) is 0 Å². The molecule has 0 aliphatic rings. The lowest BCUT2D eigenvalue weighted by atomic mass is 9.90. The van der Waals surface area contributed by atoms with Gasteiger partial charge in [-0.3, -0.25) is 10.0 Å². The van der Waals surface area contributed by atoms with Crippen molar-refractivity contribution < 1.29 is 10.0 Å². The molecule has 26 heavy (non-hydrogen) atoms. The molecular weight excluding hydrogens is 324 g/mol. The average Bonchev–Trinajstić information content (AvgIpc) is 3.13. The van der Waals surface area contributed by atoms with Gasteiger partial charge in [0.25, 0.3) is 5.91 Å². The monoisotopic (exact) mass is 342 g/mol. The summed E-state index contributed by atoms with van der Waals surface area (Å²) in [4.78, 5) is 12.2. The van der Waals surface area contributed by atoms with Crippen molar-refractivity contribution in [3.8, 4) is 5.69 Å². The Hall–Kier alpha value is -3.37. The Morgan fingerprint density at radius 3 is 1.88 bits per heavy atom. The third-order valence-electron chi connectivity index (χ3n) is 4.58. The predicted octanol–water partition coefficient (Wildman–Crippen LogP) is 4.27. The Morgan fingerprint density at radius 1 is 0.769 bits per heavy atom. The van der Waals surface area contributed by atoms with Crippen LogP contribution in [-0.2, 0) is 4.79 Å². The zero-order chi connectivity index (χ0) is 17.9. The summed E-state index contributed by atoms with van der Waals surface area (Å²) in [5.41, 5.74) is 4.45. The minimum atomic E-state index is -0.556. The lowest BCUT2D eigenvalue weighted by Gasteiger charge is -2.16. The molecule has 0 saturated carbocycles. The summed E-state index contributed by atoms with van der Waals surface area (Å²) < 4.78 is 2.07. The van der Waals surface area contributed by atoms with Crippen molar-refractivity contribution in [2.45, 2.75) is 5.92 Å². The normalized spacial score (nSPS) is 12.0. The molecule has 1 amide bonds. The van der Waals surface area contributed by atoms with E-state index in [4.69, 9.17) is 5.21 Å². The molecule has 0 radical (unpaired) electrons. The summed E-state index contributed by atoms with van der Waals surface area (Å²) in [6.45, 7) is 0. The van der Waals surface area contributed by atoms with Gasteiger partial charge in [-0.1, -0.05) is 66.7 Å². The highest BCUT2D eigenvalue weighted by molar-refractivity contribution is 5.86. The number of carbonyl (C=O) groups excluding carboxylic acids is 1. The van der Waals surface area contributed by atoms with Crippen molar-refractivity contribution >= 4 is 16.7 Å². The van der Waals surface area contributed by atoms with Gasteiger partial charge in [-0.15, -0.1) is 0 Å². The molecule has 1 aromatic heterocycles. The van der Waals surface area contributed by atoms with Gasteiger partial charge in [0.2, 0.25) is 0 Å². The number of hydroxylamine groups is 1. The summed E-state index contributed by atoms with van der Waals surface area (Å²) in [6, 6.07) is 25.4. The molecule has 0 bridgehead atoms. The number of nitrogens with zero attached hydrogens (tertiary/aromatic N) is 1. The molecule has 0 fully saturated rings. The van der Waals surface area contributed by atoms with E-state index in [1.165, 1.54) is 10.8 Å². The van der Waals surface area contributed by atoms with Crippen LogP contribution in [0.1, 0.15) is 17.0 Å². The molecule has 1 atom stereocenters. The Balaban J connectivity index is 1.70. The van der Waals surface area contributed by atoms with Crippen molar-refractivity contribution in [3.63, 3.8) is 0 Å². The molecule has 1 heterocycles. The van der Waals surface area contributed by atoms with Crippen LogP contribution in [0.2, 0.25) is 0 Å². The first-order valence-electron chi connectivity index (χ1n) is 8.42. The first kappa shape index (κ1) is 16.1. The number of hydrogen-bond acceptors (Lipinski definition) is 2. The van der Waals surface area contributed by atoms with Crippen LogP contribution >= 0.6 is 0 Å². The van der Waals surface area contributed by atoms with E-state index in [2.05, 4.69) is 29.1 Å². The number of hydrogen-bond donors (Lipinski definition) is 2. The van der Waals surface area contributed by atoms with Gasteiger partial charge in [0.15, 0.2) is 0 Å². The quantitative estimate of drug-likeness (QED) is 0.430. The van der Waals surface area contributed by atoms with Gasteiger partial charge in [0.05, 0.1) is 5.92 Å². The fourth-order valence-electron chi connectivity index (χ4n) is 3.28. The van der Waals surface area contributed by atoms with Crippen LogP contribution in [-0.4, -0.2) is 15.7 Å². The molecular formula is C22H18N2O2. The number of carbonyl (C=O) groups is 1. The number of fused-ring (bicyclic) bond motifs is 1. The first-order valence-corrected chi connectivity index (χ1v) is 8.42. The molecule has 0 spiro atoms. The van der Waals surface area contributed by atoms with Gasteiger partial charge in [-0.2, -0.15) is 0 Å². The van der Waals surface area contributed by atoms with Crippen molar-refractivity contribution in [2.24, 2.45) is 0 Å². The molecule has 4 rings (SSSR count). The van der Waals surface area contributed by atoms with E-state index in [0.29, 0.717) is 0 Å². The number of benzene rings is 3. The Bertz CT molecular complexity index is 1000. The second-order valence-corrected chi connectivity index (χ2v) is 6.21. The van der Waals surface area contributed by atoms with Gasteiger partial charge >= 0.3 is 0 Å². The molecule has 1 unspecified atom stereocenters. The second-order valence-electron chi connectivity index (χ2n) is 6.21. The number of aromatic nitrogens is 1. The Morgan fingerprint density at radius 2 is 1.31 bits per heavy atom. The summed E-state index contributed by atoms with van der Waals surface area (Å²) >= 11 is 0. The Kier molecular flexibility index (Phi) is 4.25. The maximum absolute atomic E-state index is 12.2. The zero-order valence-electron chi connectivity index (χ0n) is 14.0. The largest absolute Gasteiger partial charge is 0.323 e. The summed E-state index contributed by atoms with van der Waals surface area (Å²) in [7, 11) is 0. The minimum Gasteiger partial charge on any atom is -0.323 e. The molecule has 0 aliphatic heterocycles. The zero-order valence-corrected chi connectivity index (χ0v) is 14.0. The van der Waals surface area contributed by atoms with E-state index in [0.717, 1.165) is 16.8 Å². The first-order chi connectivity index (χ1) is 12.8. The van der Waals surface area contributed by atoms with Gasteiger partial charge < -0.3 is 4.57 Å². The number of amides is 1.